The summed E-state index contributed by atoms with van der Waals surface area (Å²) in [6.45, 7) is 7.48. The van der Waals surface area contributed by atoms with Crippen molar-refractivity contribution in [3.63, 3.8) is 0 Å². The van der Waals surface area contributed by atoms with Crippen LogP contribution in [0.2, 0.25) is 5.02 Å². The summed E-state index contributed by atoms with van der Waals surface area (Å²) in [7, 11) is 1.76. The summed E-state index contributed by atoms with van der Waals surface area (Å²) in [6.07, 6.45) is 2.22. The number of nitrogens with one attached hydrogen (secondary N) is 2. The molecule has 1 spiro atoms. The van der Waals surface area contributed by atoms with Crippen molar-refractivity contribution in [3.8, 4) is 5.75 Å². The summed E-state index contributed by atoms with van der Waals surface area (Å²) in [5.74, 6) is -0.0535. The fraction of sp³-hybridized carbons (Fsp3) is 0.450. The first kappa shape index (κ1) is 37.8. The van der Waals surface area contributed by atoms with Gasteiger partial charge in [0.05, 0.1) is 54.2 Å². The van der Waals surface area contributed by atoms with Crippen molar-refractivity contribution in [1.82, 2.24) is 20.1 Å². The van der Waals surface area contributed by atoms with Crippen LogP contribution in [0.4, 0.5) is 5.69 Å². The second-order valence-electron chi connectivity index (χ2n) is 13.9. The zero-order valence-corrected chi connectivity index (χ0v) is 30.6. The summed E-state index contributed by atoms with van der Waals surface area (Å²) in [6, 6.07) is 22.8. The van der Waals surface area contributed by atoms with Gasteiger partial charge < -0.3 is 39.8 Å². The van der Waals surface area contributed by atoms with E-state index in [9.17, 15) is 19.8 Å². The molecule has 3 heterocycles. The molecule has 1 aromatic heterocycles. The number of nitrogens with zero attached hydrogens (tertiary/aromatic N) is 3. The summed E-state index contributed by atoms with van der Waals surface area (Å²) in [5.41, 5.74) is 4.05. The Labute approximate surface area is 310 Å². The third-order valence-electron chi connectivity index (χ3n) is 10.3. The van der Waals surface area contributed by atoms with E-state index in [-0.39, 0.29) is 29.4 Å². The topological polar surface area (TPSA) is 131 Å². The number of phenols is 1. The smallest absolute Gasteiger partial charge is 0.248 e. The van der Waals surface area contributed by atoms with E-state index in [2.05, 4.69) is 50.4 Å². The number of carbonyl (C=O) groups excluding carboxylic acids is 1. The van der Waals surface area contributed by atoms with Gasteiger partial charge in [0, 0.05) is 70.9 Å². The van der Waals surface area contributed by atoms with E-state index in [4.69, 9.17) is 21.1 Å². The highest BCUT2D eigenvalue weighted by molar-refractivity contribution is 6.33. The highest BCUT2D eigenvalue weighted by Gasteiger charge is 2.40. The average molecular weight is 732 g/mol. The molecule has 52 heavy (non-hydrogen) atoms. The predicted molar refractivity (Wildman–Crippen MR) is 204 cm³/mol. The van der Waals surface area contributed by atoms with Gasteiger partial charge in [-0.3, -0.25) is 14.5 Å². The van der Waals surface area contributed by atoms with Crippen LogP contribution in [0.25, 0.3) is 10.9 Å². The van der Waals surface area contributed by atoms with Crippen LogP contribution in [0.3, 0.4) is 0 Å². The molecule has 0 saturated carbocycles. The lowest BCUT2D eigenvalue weighted by molar-refractivity contribution is -0.131. The van der Waals surface area contributed by atoms with Gasteiger partial charge in [-0.05, 0) is 60.2 Å². The molecule has 11 nitrogen and oxygen atoms in total. The van der Waals surface area contributed by atoms with Gasteiger partial charge in [-0.25, -0.2) is 0 Å². The van der Waals surface area contributed by atoms with Crippen LogP contribution in [0.1, 0.15) is 42.1 Å². The molecule has 1 unspecified atom stereocenters. The van der Waals surface area contributed by atoms with Crippen LogP contribution in [0, 0.1) is 0 Å². The summed E-state index contributed by atoms with van der Waals surface area (Å²) >= 11 is 6.51. The number of para-hydroxylation sites is 1. The number of benzene rings is 3. The molecule has 4 aromatic rings. The van der Waals surface area contributed by atoms with Gasteiger partial charge in [-0.1, -0.05) is 54.1 Å². The zero-order valence-electron chi connectivity index (χ0n) is 29.9. The zero-order chi connectivity index (χ0) is 36.5. The molecule has 0 radical (unpaired) electrons. The first-order valence-corrected chi connectivity index (χ1v) is 18.6. The minimum absolute atomic E-state index is 0.00339. The molecule has 2 fully saturated rings. The maximum absolute atomic E-state index is 12.7. The quantitative estimate of drug-likeness (QED) is 0.131. The number of ether oxygens (including phenoxy) is 2. The van der Waals surface area contributed by atoms with Crippen molar-refractivity contribution < 1.29 is 24.5 Å². The lowest BCUT2D eigenvalue weighted by Gasteiger charge is -2.48. The Balaban J connectivity index is 0.854. The van der Waals surface area contributed by atoms with Gasteiger partial charge in [0.25, 0.3) is 0 Å². The number of morpholine rings is 1. The van der Waals surface area contributed by atoms with Gasteiger partial charge in [0.2, 0.25) is 11.5 Å². The van der Waals surface area contributed by atoms with Crippen molar-refractivity contribution in [1.29, 1.82) is 0 Å². The van der Waals surface area contributed by atoms with Crippen LogP contribution in [-0.2, 0) is 27.2 Å². The Morgan fingerprint density at radius 2 is 1.87 bits per heavy atom. The van der Waals surface area contributed by atoms with E-state index in [1.54, 1.807) is 24.1 Å². The van der Waals surface area contributed by atoms with E-state index < -0.39 is 6.10 Å². The highest BCUT2D eigenvalue weighted by atomic mass is 35.5. The van der Waals surface area contributed by atoms with Crippen LogP contribution < -0.4 is 15.8 Å². The van der Waals surface area contributed by atoms with E-state index in [1.807, 2.05) is 18.2 Å². The standard InChI is InChI=1S/C40H50ClN5O6/c1-44(20-17-42-26-36(48)31-9-11-35(47)39-32(31)10-12-37(49)43-39)38(50)14-23-51-22-13-29-5-4-6-30(25-29)27-45-18-15-40(16-19-45)28-46(21-24-52-40)34-8-3-2-7-33(34)41/h2-12,25,36,42,47-48H,13-24,26-28H2,1H3,(H,43,49). The molecule has 4 N–H and O–H groups in total. The number of fused-ring (bicyclic) bond motifs is 1. The number of aromatic amines is 1. The van der Waals surface area contributed by atoms with Crippen molar-refractivity contribution in [2.24, 2.45) is 0 Å². The van der Waals surface area contributed by atoms with Crippen LogP contribution in [0.15, 0.2) is 77.6 Å². The van der Waals surface area contributed by atoms with Crippen LogP contribution in [0.5, 0.6) is 5.75 Å². The van der Waals surface area contributed by atoms with Crippen LogP contribution >= 0.6 is 11.6 Å². The number of anilines is 1. The predicted octanol–water partition coefficient (Wildman–Crippen LogP) is 4.49. The van der Waals surface area contributed by atoms with Crippen molar-refractivity contribution in [2.75, 3.05) is 77.6 Å². The number of rotatable bonds is 15. The number of hydrogen-bond donors (Lipinski definition) is 4. The van der Waals surface area contributed by atoms with Gasteiger partial charge in [-0.15, -0.1) is 0 Å². The molecule has 2 aliphatic rings. The number of piperidine rings is 1. The number of pyridine rings is 1. The molecular weight excluding hydrogens is 682 g/mol. The van der Waals surface area contributed by atoms with Gasteiger partial charge in [0.15, 0.2) is 0 Å². The minimum Gasteiger partial charge on any atom is -0.506 e. The molecular formula is C40H50ClN5O6. The summed E-state index contributed by atoms with van der Waals surface area (Å²) in [5, 5.41) is 25.4. The number of halogens is 1. The molecule has 2 saturated heterocycles. The summed E-state index contributed by atoms with van der Waals surface area (Å²) in [4.78, 5) is 33.5. The first-order chi connectivity index (χ1) is 25.2. The van der Waals surface area contributed by atoms with E-state index in [0.29, 0.717) is 49.2 Å². The molecule has 6 rings (SSSR count). The number of likely N-dealkylation sites (tertiary alicyclic amines) is 1. The molecule has 0 aliphatic carbocycles. The Morgan fingerprint density at radius 1 is 1.06 bits per heavy atom. The largest absolute Gasteiger partial charge is 0.506 e. The number of aliphatic hydroxyl groups is 1. The third kappa shape index (κ3) is 9.71. The maximum atomic E-state index is 12.7. The maximum Gasteiger partial charge on any atom is 0.248 e. The lowest BCUT2D eigenvalue weighted by atomic mass is 9.89. The Hall–Kier alpha value is -3.97. The van der Waals surface area contributed by atoms with E-state index in [1.165, 1.54) is 23.3 Å². The number of H-pyrrole nitrogens is 1. The molecule has 0 bridgehead atoms. The number of aliphatic hydroxyl groups excluding tert-OH is 1. The Morgan fingerprint density at radius 3 is 2.69 bits per heavy atom. The van der Waals surface area contributed by atoms with E-state index in [0.717, 1.165) is 69.3 Å². The first-order valence-electron chi connectivity index (χ1n) is 18.2. The van der Waals surface area contributed by atoms with Gasteiger partial charge in [0.1, 0.15) is 5.75 Å². The fourth-order valence-electron chi connectivity index (χ4n) is 7.23. The second kappa shape index (κ2) is 17.7. The normalized spacial score (nSPS) is 16.7. The number of aromatic hydroxyl groups is 1. The molecule has 1 atom stereocenters. The molecule has 1 amide bonds. The van der Waals surface area contributed by atoms with Gasteiger partial charge in [-0.2, -0.15) is 0 Å². The van der Waals surface area contributed by atoms with Crippen LogP contribution in [-0.4, -0.2) is 109 Å². The molecule has 12 heteroatoms. The third-order valence-corrected chi connectivity index (χ3v) is 10.6. The number of phenolic OH excluding ortho intramolecular Hbond substituents is 1. The lowest BCUT2D eigenvalue weighted by Crippen LogP contribution is -2.57. The van der Waals surface area contributed by atoms with Crippen molar-refractivity contribution >= 4 is 34.1 Å². The number of carbonyl (C=O) groups is 1. The Bertz CT molecular complexity index is 1860. The Kier molecular flexibility index (Phi) is 12.9. The average Bonchev–Trinajstić information content (AvgIpc) is 3.15. The minimum atomic E-state index is -0.856. The van der Waals surface area contributed by atoms with Gasteiger partial charge >= 0.3 is 0 Å². The van der Waals surface area contributed by atoms with Crippen molar-refractivity contribution in [3.05, 3.63) is 105 Å². The highest BCUT2D eigenvalue weighted by Crippen LogP contribution is 2.35. The number of aromatic nitrogens is 1. The second-order valence-corrected chi connectivity index (χ2v) is 14.3. The monoisotopic (exact) mass is 731 g/mol. The summed E-state index contributed by atoms with van der Waals surface area (Å²) < 4.78 is 12.2. The number of hydrogen-bond acceptors (Lipinski definition) is 9. The molecule has 278 valence electrons. The molecule has 3 aromatic carbocycles. The SMILES string of the molecule is CN(CCNCC(O)c1ccc(O)c2[nH]c(=O)ccc12)C(=O)CCOCCc1cccc(CN2CCC3(CC2)CN(c2ccccc2Cl)CCO3)c1. The van der Waals surface area contributed by atoms with Crippen molar-refractivity contribution in [2.45, 2.75) is 43.9 Å². The number of likely N-dealkylation sites (N-methyl/N-ethyl adjacent to an activating group) is 1. The fourth-order valence-corrected chi connectivity index (χ4v) is 7.49. The van der Waals surface area contributed by atoms with E-state index >= 15 is 0 Å². The molecule has 2 aliphatic heterocycles. The number of amides is 1.